The van der Waals surface area contributed by atoms with Gasteiger partial charge in [-0.15, -0.1) is 0 Å². The van der Waals surface area contributed by atoms with Gasteiger partial charge >= 0.3 is 0 Å². The zero-order valence-electron chi connectivity index (χ0n) is 14.1. The van der Waals surface area contributed by atoms with E-state index in [-0.39, 0.29) is 11.8 Å². The molecule has 1 aliphatic rings. The van der Waals surface area contributed by atoms with E-state index in [1.807, 2.05) is 36.2 Å². The van der Waals surface area contributed by atoms with Crippen LogP contribution in [0.1, 0.15) is 19.0 Å². The lowest BCUT2D eigenvalue weighted by atomic mass is 10.1. The van der Waals surface area contributed by atoms with Gasteiger partial charge in [-0.05, 0) is 18.6 Å². The second kappa shape index (κ2) is 8.01. The Balaban J connectivity index is 1.52. The monoisotopic (exact) mass is 328 g/mol. The third-order valence-corrected chi connectivity index (χ3v) is 4.36. The van der Waals surface area contributed by atoms with Gasteiger partial charge in [0.05, 0.1) is 18.2 Å². The van der Waals surface area contributed by atoms with Crippen LogP contribution in [0.5, 0.6) is 0 Å². The summed E-state index contributed by atoms with van der Waals surface area (Å²) < 4.78 is 1.72. The summed E-state index contributed by atoms with van der Waals surface area (Å²) in [6.07, 6.45) is 5.98. The van der Waals surface area contributed by atoms with E-state index in [1.165, 1.54) is 6.33 Å². The Morgan fingerprint density at radius 2 is 2.17 bits per heavy atom. The number of hydrogen-bond donors (Lipinski definition) is 0. The maximum Gasteiger partial charge on any atom is 0.227 e. The maximum absolute atomic E-state index is 12.7. The average molecular weight is 328 g/mol. The van der Waals surface area contributed by atoms with Gasteiger partial charge in [0.2, 0.25) is 5.91 Å². The van der Waals surface area contributed by atoms with Crippen molar-refractivity contribution < 1.29 is 4.79 Å². The fourth-order valence-corrected chi connectivity index (χ4v) is 3.07. The van der Waals surface area contributed by atoms with Crippen LogP contribution in [-0.2, 0) is 17.9 Å². The molecule has 3 heterocycles. The minimum atomic E-state index is -0.0889. The van der Waals surface area contributed by atoms with Gasteiger partial charge < -0.3 is 4.90 Å². The number of nitrogens with zero attached hydrogens (tertiary/aromatic N) is 6. The summed E-state index contributed by atoms with van der Waals surface area (Å²) in [5.41, 5.74) is 1.08. The number of pyridine rings is 1. The number of carbonyl (C=O) groups excluding carboxylic acids is 1. The minimum absolute atomic E-state index is 0.0889. The zero-order valence-corrected chi connectivity index (χ0v) is 14.1. The predicted octanol–water partition coefficient (Wildman–Crippen LogP) is 1.04. The fourth-order valence-electron chi connectivity index (χ4n) is 3.07. The summed E-state index contributed by atoms with van der Waals surface area (Å²) >= 11 is 0. The Kier molecular flexibility index (Phi) is 5.53. The third-order valence-electron chi connectivity index (χ3n) is 4.36. The zero-order chi connectivity index (χ0) is 16.8. The van der Waals surface area contributed by atoms with E-state index in [2.05, 4.69) is 20.0 Å². The SMILES string of the molecule is CC(Cn1cncn1)C(=O)N1CCCN(Cc2ccccn2)CC1. The predicted molar refractivity (Wildman–Crippen MR) is 89.9 cm³/mol. The maximum atomic E-state index is 12.7. The molecule has 1 unspecified atom stereocenters. The van der Waals surface area contributed by atoms with E-state index in [0.29, 0.717) is 6.54 Å². The molecule has 0 radical (unpaired) electrons. The second-order valence-electron chi connectivity index (χ2n) is 6.29. The summed E-state index contributed by atoms with van der Waals surface area (Å²) in [4.78, 5) is 25.4. The molecule has 2 aromatic rings. The van der Waals surface area contributed by atoms with Gasteiger partial charge in [-0.2, -0.15) is 5.10 Å². The van der Waals surface area contributed by atoms with Crippen LogP contribution in [0.4, 0.5) is 0 Å². The minimum Gasteiger partial charge on any atom is -0.341 e. The Morgan fingerprint density at radius 3 is 2.92 bits per heavy atom. The lowest BCUT2D eigenvalue weighted by Crippen LogP contribution is -2.39. The molecule has 0 saturated carbocycles. The van der Waals surface area contributed by atoms with Crippen LogP contribution in [0.25, 0.3) is 0 Å². The highest BCUT2D eigenvalue weighted by Gasteiger charge is 2.23. The molecule has 24 heavy (non-hydrogen) atoms. The average Bonchev–Trinajstić information content (AvgIpc) is 3.00. The number of rotatable bonds is 5. The number of aromatic nitrogens is 4. The Hall–Kier alpha value is -2.28. The van der Waals surface area contributed by atoms with Crippen molar-refractivity contribution in [2.45, 2.75) is 26.4 Å². The lowest BCUT2D eigenvalue weighted by Gasteiger charge is -2.24. The molecule has 1 amide bonds. The molecule has 128 valence electrons. The summed E-state index contributed by atoms with van der Waals surface area (Å²) in [5.74, 6) is 0.110. The van der Waals surface area contributed by atoms with Crippen LogP contribution in [0, 0.1) is 5.92 Å². The molecule has 2 aromatic heterocycles. The molecular weight excluding hydrogens is 304 g/mol. The first kappa shape index (κ1) is 16.6. The third kappa shape index (κ3) is 4.38. The molecule has 3 rings (SSSR count). The number of carbonyl (C=O) groups is 1. The van der Waals surface area contributed by atoms with Crippen LogP contribution < -0.4 is 0 Å². The quantitative estimate of drug-likeness (QED) is 0.820. The topological polar surface area (TPSA) is 67.2 Å². The van der Waals surface area contributed by atoms with E-state index < -0.39 is 0 Å². The smallest absolute Gasteiger partial charge is 0.227 e. The Morgan fingerprint density at radius 1 is 1.25 bits per heavy atom. The van der Waals surface area contributed by atoms with E-state index in [4.69, 9.17) is 0 Å². The highest BCUT2D eigenvalue weighted by Crippen LogP contribution is 2.11. The molecule has 1 fully saturated rings. The molecule has 0 aromatic carbocycles. The molecule has 7 heteroatoms. The summed E-state index contributed by atoms with van der Waals surface area (Å²) in [6.45, 7) is 6.85. The van der Waals surface area contributed by atoms with Gasteiger partial charge in [0, 0.05) is 38.9 Å². The summed E-state index contributed by atoms with van der Waals surface area (Å²) in [6, 6.07) is 6.00. The van der Waals surface area contributed by atoms with Crippen LogP contribution in [-0.4, -0.2) is 61.6 Å². The van der Waals surface area contributed by atoms with Crippen molar-refractivity contribution in [3.05, 3.63) is 42.7 Å². The number of hydrogen-bond acceptors (Lipinski definition) is 5. The van der Waals surface area contributed by atoms with Gasteiger partial charge in [0.1, 0.15) is 12.7 Å². The second-order valence-corrected chi connectivity index (χ2v) is 6.29. The molecule has 0 N–H and O–H groups in total. The normalized spacial score (nSPS) is 17.5. The fraction of sp³-hybridized carbons (Fsp3) is 0.529. The van der Waals surface area contributed by atoms with Gasteiger partial charge in [0.15, 0.2) is 0 Å². The molecule has 0 aliphatic carbocycles. The van der Waals surface area contributed by atoms with E-state index >= 15 is 0 Å². The van der Waals surface area contributed by atoms with E-state index in [9.17, 15) is 4.79 Å². The van der Waals surface area contributed by atoms with Gasteiger partial charge in [-0.1, -0.05) is 13.0 Å². The molecule has 0 spiro atoms. The largest absolute Gasteiger partial charge is 0.341 e. The summed E-state index contributed by atoms with van der Waals surface area (Å²) in [5, 5.41) is 4.08. The van der Waals surface area contributed by atoms with Gasteiger partial charge in [-0.3, -0.25) is 19.4 Å². The lowest BCUT2D eigenvalue weighted by molar-refractivity contribution is -0.135. The molecule has 1 saturated heterocycles. The van der Waals surface area contributed by atoms with E-state index in [0.717, 1.165) is 44.8 Å². The van der Waals surface area contributed by atoms with E-state index in [1.54, 1.807) is 11.0 Å². The molecular formula is C17H24N6O. The van der Waals surface area contributed by atoms with Crippen molar-refractivity contribution in [1.82, 2.24) is 29.5 Å². The highest BCUT2D eigenvalue weighted by molar-refractivity contribution is 5.78. The highest BCUT2D eigenvalue weighted by atomic mass is 16.2. The van der Waals surface area contributed by atoms with Crippen LogP contribution in [0.3, 0.4) is 0 Å². The van der Waals surface area contributed by atoms with Crippen molar-refractivity contribution in [3.8, 4) is 0 Å². The van der Waals surface area contributed by atoms with Crippen LogP contribution in [0.2, 0.25) is 0 Å². The first-order valence-electron chi connectivity index (χ1n) is 8.46. The van der Waals surface area contributed by atoms with Crippen molar-refractivity contribution in [2.75, 3.05) is 26.2 Å². The first-order chi connectivity index (χ1) is 11.7. The summed E-state index contributed by atoms with van der Waals surface area (Å²) in [7, 11) is 0. The van der Waals surface area contributed by atoms with Crippen molar-refractivity contribution in [2.24, 2.45) is 5.92 Å². The Labute approximate surface area is 142 Å². The number of amides is 1. The van der Waals surface area contributed by atoms with Crippen LogP contribution in [0.15, 0.2) is 37.1 Å². The van der Waals surface area contributed by atoms with Crippen molar-refractivity contribution in [1.29, 1.82) is 0 Å². The van der Waals surface area contributed by atoms with Gasteiger partial charge in [0.25, 0.3) is 0 Å². The molecule has 7 nitrogen and oxygen atoms in total. The standard InChI is InChI=1S/C17H24N6O/c1-15(11-23-14-18-13-20-23)17(24)22-8-4-7-21(9-10-22)12-16-5-2-3-6-19-16/h2-3,5-6,13-15H,4,7-12H2,1H3. The molecule has 0 bridgehead atoms. The van der Waals surface area contributed by atoms with Gasteiger partial charge in [-0.25, -0.2) is 4.98 Å². The van der Waals surface area contributed by atoms with Crippen molar-refractivity contribution in [3.63, 3.8) is 0 Å². The molecule has 1 atom stereocenters. The van der Waals surface area contributed by atoms with Crippen molar-refractivity contribution >= 4 is 5.91 Å². The first-order valence-corrected chi connectivity index (χ1v) is 8.46. The molecule has 1 aliphatic heterocycles. The Bertz CT molecular complexity index is 630. The van der Waals surface area contributed by atoms with Crippen LogP contribution >= 0.6 is 0 Å².